The summed E-state index contributed by atoms with van der Waals surface area (Å²) in [6.45, 7) is 1.57. The summed E-state index contributed by atoms with van der Waals surface area (Å²) in [6.07, 6.45) is 8.21. The highest BCUT2D eigenvalue weighted by atomic mass is 16.4. The zero-order chi connectivity index (χ0) is 19.8. The van der Waals surface area contributed by atoms with E-state index >= 15 is 0 Å². The lowest BCUT2D eigenvalue weighted by atomic mass is 10.1. The molecule has 0 N–H and O–H groups in total. The van der Waals surface area contributed by atoms with E-state index in [0.29, 0.717) is 11.8 Å². The van der Waals surface area contributed by atoms with Crippen molar-refractivity contribution in [2.75, 3.05) is 37.2 Å². The van der Waals surface area contributed by atoms with Crippen molar-refractivity contribution in [3.05, 3.63) is 73.3 Å². The van der Waals surface area contributed by atoms with Crippen LogP contribution in [0, 0.1) is 0 Å². The van der Waals surface area contributed by atoms with Crippen molar-refractivity contribution < 1.29 is 4.42 Å². The molecule has 2 aliphatic heterocycles. The summed E-state index contributed by atoms with van der Waals surface area (Å²) in [5.74, 6) is 1.03. The summed E-state index contributed by atoms with van der Waals surface area (Å²) in [6, 6.07) is 16.2. The Bertz CT molecular complexity index is 1000. The van der Waals surface area contributed by atoms with Crippen molar-refractivity contribution in [2.24, 2.45) is 0 Å². The van der Waals surface area contributed by atoms with Gasteiger partial charge in [-0.3, -0.25) is 0 Å². The first-order valence-electron chi connectivity index (χ1n) is 9.52. The first-order valence-corrected chi connectivity index (χ1v) is 9.52. The van der Waals surface area contributed by atoms with Crippen LogP contribution in [0.25, 0.3) is 22.9 Å². The van der Waals surface area contributed by atoms with E-state index in [1.807, 2.05) is 62.9 Å². The fourth-order valence-electron chi connectivity index (χ4n) is 3.62. The highest BCUT2D eigenvalue weighted by Gasteiger charge is 2.21. The van der Waals surface area contributed by atoms with Gasteiger partial charge in [0.05, 0.1) is 35.8 Å². The molecule has 2 aliphatic rings. The van der Waals surface area contributed by atoms with E-state index in [1.54, 1.807) is 0 Å². The molecule has 3 heterocycles. The largest absolute Gasteiger partial charge is 0.416 e. The van der Waals surface area contributed by atoms with Crippen LogP contribution in [0.2, 0.25) is 0 Å². The second-order valence-electron chi connectivity index (χ2n) is 7.28. The fraction of sp³-hybridized carbons (Fsp3) is 0.182. The van der Waals surface area contributed by atoms with Crippen LogP contribution in [0.3, 0.4) is 0 Å². The number of anilines is 2. The van der Waals surface area contributed by atoms with Crippen LogP contribution in [0.5, 0.6) is 0 Å². The van der Waals surface area contributed by atoms with Gasteiger partial charge in [0.1, 0.15) is 0 Å². The monoisotopic (exact) mass is 386 g/mol. The number of hydrogen-bond acceptors (Lipinski definition) is 7. The molecular weight excluding hydrogens is 364 g/mol. The van der Waals surface area contributed by atoms with E-state index in [2.05, 4.69) is 54.3 Å². The number of hydrogen-bond donors (Lipinski definition) is 0. The third kappa shape index (κ3) is 3.20. The lowest BCUT2D eigenvalue weighted by Crippen LogP contribution is -2.22. The first-order chi connectivity index (χ1) is 14.2. The predicted octanol–water partition coefficient (Wildman–Crippen LogP) is 3.76. The minimum absolute atomic E-state index is 0.516. The molecule has 5 rings (SSSR count). The zero-order valence-corrected chi connectivity index (χ0v) is 16.4. The van der Waals surface area contributed by atoms with Gasteiger partial charge in [0.2, 0.25) is 11.8 Å². The Balaban J connectivity index is 1.51. The minimum Gasteiger partial charge on any atom is -0.416 e. The molecule has 7 heteroatoms. The summed E-state index contributed by atoms with van der Waals surface area (Å²) >= 11 is 0. The highest BCUT2D eigenvalue weighted by Crippen LogP contribution is 2.36. The van der Waals surface area contributed by atoms with Crippen molar-refractivity contribution >= 4 is 11.4 Å². The van der Waals surface area contributed by atoms with Crippen LogP contribution >= 0.6 is 0 Å². The Morgan fingerprint density at radius 3 is 1.52 bits per heavy atom. The zero-order valence-electron chi connectivity index (χ0n) is 16.4. The third-order valence-corrected chi connectivity index (χ3v) is 5.07. The lowest BCUT2D eigenvalue weighted by Gasteiger charge is -2.20. The molecule has 0 radical (unpaired) electrons. The van der Waals surface area contributed by atoms with Crippen molar-refractivity contribution in [1.82, 2.24) is 20.0 Å². The average molecular weight is 386 g/mol. The number of aromatic nitrogens is 2. The van der Waals surface area contributed by atoms with Gasteiger partial charge in [0, 0.05) is 38.9 Å². The van der Waals surface area contributed by atoms with Gasteiger partial charge in [-0.1, -0.05) is 24.3 Å². The predicted molar refractivity (Wildman–Crippen MR) is 114 cm³/mol. The molecule has 0 saturated carbocycles. The molecule has 0 fully saturated rings. The molecule has 146 valence electrons. The quantitative estimate of drug-likeness (QED) is 0.677. The van der Waals surface area contributed by atoms with E-state index in [9.17, 15) is 0 Å². The maximum Gasteiger partial charge on any atom is 0.250 e. The second kappa shape index (κ2) is 7.01. The standard InChI is InChI=1S/C22H22N6O/c1-25-11-13-27(15-25)19-9-5-3-7-17(19)21-23-24-22(29-21)18-8-4-6-10-20(18)28-14-12-26(2)16-28/h3-14H,15-16H2,1-2H3. The summed E-state index contributed by atoms with van der Waals surface area (Å²) in [4.78, 5) is 8.57. The molecule has 0 atom stereocenters. The topological polar surface area (TPSA) is 51.9 Å². The second-order valence-corrected chi connectivity index (χ2v) is 7.28. The number of benzene rings is 2. The van der Waals surface area contributed by atoms with E-state index < -0.39 is 0 Å². The van der Waals surface area contributed by atoms with E-state index in [-0.39, 0.29) is 0 Å². The highest BCUT2D eigenvalue weighted by molar-refractivity contribution is 5.78. The first kappa shape index (κ1) is 17.4. The third-order valence-electron chi connectivity index (χ3n) is 5.07. The van der Waals surface area contributed by atoms with Crippen molar-refractivity contribution in [1.29, 1.82) is 0 Å². The van der Waals surface area contributed by atoms with Gasteiger partial charge in [-0.25, -0.2) is 0 Å². The maximum atomic E-state index is 6.16. The van der Waals surface area contributed by atoms with Crippen molar-refractivity contribution in [2.45, 2.75) is 0 Å². The van der Waals surface area contributed by atoms with E-state index in [1.165, 1.54) is 0 Å². The molecule has 3 aromatic rings. The van der Waals surface area contributed by atoms with Crippen LogP contribution in [0.1, 0.15) is 0 Å². The van der Waals surface area contributed by atoms with Gasteiger partial charge in [-0.15, -0.1) is 10.2 Å². The molecule has 0 amide bonds. The van der Waals surface area contributed by atoms with Crippen LogP contribution in [0.15, 0.2) is 77.7 Å². The Morgan fingerprint density at radius 2 is 1.10 bits per heavy atom. The molecule has 2 aromatic carbocycles. The van der Waals surface area contributed by atoms with Crippen molar-refractivity contribution in [3.8, 4) is 22.9 Å². The smallest absolute Gasteiger partial charge is 0.250 e. The fourth-order valence-corrected chi connectivity index (χ4v) is 3.62. The molecular formula is C22H22N6O. The Hall–Kier alpha value is -3.74. The lowest BCUT2D eigenvalue weighted by molar-refractivity contribution is 0.495. The summed E-state index contributed by atoms with van der Waals surface area (Å²) < 4.78 is 6.16. The minimum atomic E-state index is 0.516. The number of rotatable bonds is 4. The molecule has 0 bridgehead atoms. The SMILES string of the molecule is CN1C=CN(c2ccccc2-c2nnc(-c3ccccc3N3C=CN(C)C3)o2)C1. The van der Waals surface area contributed by atoms with Gasteiger partial charge >= 0.3 is 0 Å². The summed E-state index contributed by atoms with van der Waals surface area (Å²) in [5.41, 5.74) is 3.93. The molecule has 0 spiro atoms. The number of nitrogens with zero attached hydrogens (tertiary/aromatic N) is 6. The molecule has 7 nitrogen and oxygen atoms in total. The normalized spacial score (nSPS) is 15.8. The Kier molecular flexibility index (Phi) is 4.20. The van der Waals surface area contributed by atoms with Gasteiger partial charge in [-0.05, 0) is 24.3 Å². The Labute approximate surface area is 169 Å². The van der Waals surface area contributed by atoms with Crippen LogP contribution < -0.4 is 9.80 Å². The average Bonchev–Trinajstić information content (AvgIpc) is 3.49. The van der Waals surface area contributed by atoms with Crippen LogP contribution in [0.4, 0.5) is 11.4 Å². The van der Waals surface area contributed by atoms with Gasteiger partial charge in [0.25, 0.3) is 0 Å². The van der Waals surface area contributed by atoms with Crippen LogP contribution in [-0.2, 0) is 0 Å². The number of para-hydroxylation sites is 2. The molecule has 29 heavy (non-hydrogen) atoms. The van der Waals surface area contributed by atoms with E-state index in [0.717, 1.165) is 35.8 Å². The molecule has 0 saturated heterocycles. The van der Waals surface area contributed by atoms with Gasteiger partial charge < -0.3 is 24.0 Å². The van der Waals surface area contributed by atoms with Crippen molar-refractivity contribution in [3.63, 3.8) is 0 Å². The van der Waals surface area contributed by atoms with Gasteiger partial charge in [-0.2, -0.15) is 0 Å². The molecule has 1 aromatic heterocycles. The van der Waals surface area contributed by atoms with Crippen LogP contribution in [-0.4, -0.2) is 47.4 Å². The Morgan fingerprint density at radius 1 is 0.655 bits per heavy atom. The summed E-state index contributed by atoms with van der Waals surface area (Å²) in [5, 5.41) is 8.74. The molecule has 0 unspecified atom stereocenters. The summed E-state index contributed by atoms with van der Waals surface area (Å²) in [7, 11) is 4.09. The molecule has 0 aliphatic carbocycles. The van der Waals surface area contributed by atoms with Gasteiger partial charge in [0.15, 0.2) is 0 Å². The van der Waals surface area contributed by atoms with E-state index in [4.69, 9.17) is 4.42 Å². The maximum absolute atomic E-state index is 6.16.